The van der Waals surface area contributed by atoms with Crippen molar-refractivity contribution in [1.82, 2.24) is 28.7 Å². The van der Waals surface area contributed by atoms with Gasteiger partial charge in [0.15, 0.2) is 5.16 Å². The summed E-state index contributed by atoms with van der Waals surface area (Å²) in [5.74, 6) is 1.48. The van der Waals surface area contributed by atoms with E-state index in [1.807, 2.05) is 62.4 Å². The van der Waals surface area contributed by atoms with Crippen LogP contribution in [-0.4, -0.2) is 83.6 Å². The van der Waals surface area contributed by atoms with Gasteiger partial charge in [0.2, 0.25) is 10.0 Å². The molecule has 0 N–H and O–H groups in total. The summed E-state index contributed by atoms with van der Waals surface area (Å²) in [6.45, 7) is 8.13. The fraction of sp³-hybridized carbons (Fsp3) is 0.286. The standard InChI is InChI=1S/C35H36N6O4S3/c1-4-40(5-2)48(42,43)27-15-16-30-29(21-27)36-35(41(30)25-11-13-26(44-3)14-12-25)47-34-32-28(24-9-7-6-8-10-24)23-46-33(32)37-31(38-34)22-39-17-19-45-20-18-39/h6-16,21,23H,4-5,17-20,22H2,1-3H3. The lowest BCUT2D eigenvalue weighted by Gasteiger charge is -2.25. The van der Waals surface area contributed by atoms with Crippen LogP contribution >= 0.6 is 23.1 Å². The van der Waals surface area contributed by atoms with Crippen LogP contribution in [0.15, 0.2) is 93.3 Å². The van der Waals surface area contributed by atoms with Crippen molar-refractivity contribution in [2.24, 2.45) is 0 Å². The minimum atomic E-state index is -3.68. The number of aromatic nitrogens is 4. The quantitative estimate of drug-likeness (QED) is 0.136. The molecule has 1 fully saturated rings. The maximum atomic E-state index is 13.5. The van der Waals surface area contributed by atoms with Crippen molar-refractivity contribution in [2.45, 2.75) is 35.5 Å². The molecule has 0 bridgehead atoms. The Morgan fingerprint density at radius 2 is 1.71 bits per heavy atom. The molecule has 3 aromatic heterocycles. The van der Waals surface area contributed by atoms with Crippen molar-refractivity contribution >= 4 is 54.4 Å². The van der Waals surface area contributed by atoms with Gasteiger partial charge in [-0.1, -0.05) is 44.2 Å². The predicted octanol–water partition coefficient (Wildman–Crippen LogP) is 6.72. The fourth-order valence-electron chi connectivity index (χ4n) is 5.93. The zero-order valence-corrected chi connectivity index (χ0v) is 29.4. The number of ether oxygens (including phenoxy) is 2. The lowest BCUT2D eigenvalue weighted by atomic mass is 10.1. The zero-order chi connectivity index (χ0) is 33.3. The Kier molecular flexibility index (Phi) is 9.49. The first-order valence-corrected chi connectivity index (χ1v) is 19.0. The van der Waals surface area contributed by atoms with Gasteiger partial charge < -0.3 is 9.47 Å². The summed E-state index contributed by atoms with van der Waals surface area (Å²) in [6.07, 6.45) is 0. The van der Waals surface area contributed by atoms with E-state index in [4.69, 9.17) is 24.4 Å². The van der Waals surface area contributed by atoms with Crippen molar-refractivity contribution in [3.63, 3.8) is 0 Å². The average molecular weight is 701 g/mol. The molecule has 0 atom stereocenters. The minimum absolute atomic E-state index is 0.219. The van der Waals surface area contributed by atoms with Crippen LogP contribution in [0, 0.1) is 0 Å². The summed E-state index contributed by atoms with van der Waals surface area (Å²) in [6, 6.07) is 23.2. The summed E-state index contributed by atoms with van der Waals surface area (Å²) < 4.78 is 41.5. The summed E-state index contributed by atoms with van der Waals surface area (Å²) in [7, 11) is -2.04. The van der Waals surface area contributed by atoms with Crippen LogP contribution in [0.2, 0.25) is 0 Å². The number of hydrogen-bond donors (Lipinski definition) is 0. The Balaban J connectivity index is 1.40. The van der Waals surface area contributed by atoms with Crippen molar-refractivity contribution < 1.29 is 17.9 Å². The third kappa shape index (κ3) is 6.33. The van der Waals surface area contributed by atoms with Crippen LogP contribution in [0.1, 0.15) is 19.7 Å². The molecule has 1 saturated heterocycles. The van der Waals surface area contributed by atoms with Gasteiger partial charge >= 0.3 is 0 Å². The number of benzene rings is 3. The SMILES string of the molecule is CCN(CC)S(=O)(=O)c1ccc2c(c1)nc(Sc1nc(CN3CCOCC3)nc3scc(-c4ccccc4)c13)n2-c1ccc(OC)cc1. The Bertz CT molecular complexity index is 2160. The monoisotopic (exact) mass is 700 g/mol. The van der Waals surface area contributed by atoms with Gasteiger partial charge in [-0.3, -0.25) is 9.47 Å². The first kappa shape index (κ1) is 32.7. The molecular formula is C35H36N6O4S3. The molecule has 1 aliphatic heterocycles. The van der Waals surface area contributed by atoms with E-state index in [1.165, 1.54) is 16.1 Å². The van der Waals surface area contributed by atoms with E-state index < -0.39 is 10.0 Å². The van der Waals surface area contributed by atoms with E-state index in [1.54, 1.807) is 30.6 Å². The molecule has 248 valence electrons. The van der Waals surface area contributed by atoms with Gasteiger partial charge in [-0.25, -0.2) is 23.4 Å². The number of methoxy groups -OCH3 is 1. The summed E-state index contributed by atoms with van der Waals surface area (Å²) in [4.78, 5) is 18.7. The number of nitrogens with zero attached hydrogens (tertiary/aromatic N) is 6. The van der Waals surface area contributed by atoms with Crippen LogP contribution in [0.5, 0.6) is 5.75 Å². The van der Waals surface area contributed by atoms with E-state index in [9.17, 15) is 8.42 Å². The van der Waals surface area contributed by atoms with Crippen LogP contribution in [-0.2, 0) is 21.3 Å². The number of fused-ring (bicyclic) bond motifs is 2. The first-order valence-electron chi connectivity index (χ1n) is 15.9. The van der Waals surface area contributed by atoms with E-state index in [0.29, 0.717) is 43.5 Å². The van der Waals surface area contributed by atoms with Crippen LogP contribution < -0.4 is 4.74 Å². The highest BCUT2D eigenvalue weighted by Crippen LogP contribution is 2.42. The molecule has 3 aromatic carbocycles. The van der Waals surface area contributed by atoms with E-state index >= 15 is 0 Å². The fourth-order valence-corrected chi connectivity index (χ4v) is 9.51. The molecule has 13 heteroatoms. The van der Waals surface area contributed by atoms with Gasteiger partial charge in [-0.05, 0) is 59.8 Å². The number of imidazole rings is 1. The van der Waals surface area contributed by atoms with Crippen LogP contribution in [0.25, 0.3) is 38.1 Å². The van der Waals surface area contributed by atoms with Gasteiger partial charge in [-0.2, -0.15) is 4.31 Å². The highest BCUT2D eigenvalue weighted by atomic mass is 32.2. The molecule has 0 saturated carbocycles. The van der Waals surface area contributed by atoms with Gasteiger partial charge in [-0.15, -0.1) is 11.3 Å². The summed E-state index contributed by atoms with van der Waals surface area (Å²) >= 11 is 3.08. The van der Waals surface area contributed by atoms with Crippen molar-refractivity contribution in [2.75, 3.05) is 46.5 Å². The first-order chi connectivity index (χ1) is 23.4. The second-order valence-corrected chi connectivity index (χ2v) is 15.1. The van der Waals surface area contributed by atoms with Gasteiger partial charge in [0.05, 0.1) is 48.2 Å². The molecule has 6 aromatic rings. The molecule has 0 amide bonds. The maximum Gasteiger partial charge on any atom is 0.243 e. The van der Waals surface area contributed by atoms with E-state index in [0.717, 1.165) is 62.2 Å². The van der Waals surface area contributed by atoms with E-state index in [-0.39, 0.29) is 4.90 Å². The molecule has 10 nitrogen and oxygen atoms in total. The molecule has 0 radical (unpaired) electrons. The molecular weight excluding hydrogens is 665 g/mol. The van der Waals surface area contributed by atoms with Gasteiger partial charge in [0.1, 0.15) is 21.4 Å². The minimum Gasteiger partial charge on any atom is -0.497 e. The lowest BCUT2D eigenvalue weighted by Crippen LogP contribution is -2.36. The number of thiophene rings is 1. The number of sulfonamides is 1. The Hall–Kier alpha value is -3.85. The van der Waals surface area contributed by atoms with Crippen molar-refractivity contribution in [1.29, 1.82) is 0 Å². The third-order valence-electron chi connectivity index (χ3n) is 8.46. The molecule has 4 heterocycles. The predicted molar refractivity (Wildman–Crippen MR) is 191 cm³/mol. The number of morpholine rings is 1. The molecule has 0 unspecified atom stereocenters. The van der Waals surface area contributed by atoms with Crippen LogP contribution in [0.4, 0.5) is 0 Å². The van der Waals surface area contributed by atoms with Crippen molar-refractivity contribution in [3.05, 3.63) is 84.0 Å². The van der Waals surface area contributed by atoms with E-state index in [2.05, 4.69) is 27.0 Å². The topological polar surface area (TPSA) is 103 Å². The van der Waals surface area contributed by atoms with Gasteiger partial charge in [0.25, 0.3) is 0 Å². The molecule has 0 spiro atoms. The summed E-state index contributed by atoms with van der Waals surface area (Å²) in [5, 5.41) is 4.58. The Morgan fingerprint density at radius 1 is 0.958 bits per heavy atom. The molecule has 7 rings (SSSR count). The normalized spacial score (nSPS) is 14.3. The lowest BCUT2D eigenvalue weighted by molar-refractivity contribution is 0.0330. The number of rotatable bonds is 11. The molecule has 48 heavy (non-hydrogen) atoms. The summed E-state index contributed by atoms with van der Waals surface area (Å²) in [5.41, 5.74) is 4.39. The molecule has 0 aliphatic carbocycles. The maximum absolute atomic E-state index is 13.5. The average Bonchev–Trinajstić information content (AvgIpc) is 3.71. The zero-order valence-electron chi connectivity index (χ0n) is 27.0. The molecule has 1 aliphatic rings. The Labute approximate surface area is 288 Å². The third-order valence-corrected chi connectivity index (χ3v) is 12.3. The van der Waals surface area contributed by atoms with Crippen LogP contribution in [0.3, 0.4) is 0 Å². The van der Waals surface area contributed by atoms with Gasteiger partial charge in [0, 0.05) is 42.8 Å². The second-order valence-electron chi connectivity index (χ2n) is 11.3. The largest absolute Gasteiger partial charge is 0.497 e. The smallest absolute Gasteiger partial charge is 0.243 e. The highest BCUT2D eigenvalue weighted by molar-refractivity contribution is 7.99. The second kappa shape index (κ2) is 13.9. The Morgan fingerprint density at radius 3 is 2.42 bits per heavy atom. The van der Waals surface area contributed by atoms with Crippen molar-refractivity contribution in [3.8, 4) is 22.6 Å². The number of hydrogen-bond acceptors (Lipinski definition) is 10. The highest BCUT2D eigenvalue weighted by Gasteiger charge is 2.25.